The molecule has 0 unspecified atom stereocenters. The number of benzene rings is 1. The SMILES string of the molecule is CC(=O)N(CC(=O)CBr)c1ccccc1. The lowest BCUT2D eigenvalue weighted by atomic mass is 10.2. The van der Waals surface area contributed by atoms with Crippen molar-refractivity contribution in [3.8, 4) is 0 Å². The molecule has 0 aliphatic rings. The molecule has 0 N–H and O–H groups in total. The van der Waals surface area contributed by atoms with Crippen LogP contribution < -0.4 is 4.90 Å². The molecule has 1 amide bonds. The molecule has 0 spiro atoms. The number of rotatable bonds is 4. The molecular formula is C11H12BrNO2. The van der Waals surface area contributed by atoms with E-state index in [4.69, 9.17) is 0 Å². The van der Waals surface area contributed by atoms with Crippen molar-refractivity contribution in [2.45, 2.75) is 6.92 Å². The van der Waals surface area contributed by atoms with Gasteiger partial charge in [-0.2, -0.15) is 0 Å². The molecule has 0 aromatic heterocycles. The van der Waals surface area contributed by atoms with E-state index in [2.05, 4.69) is 15.9 Å². The molecule has 15 heavy (non-hydrogen) atoms. The molecule has 0 bridgehead atoms. The summed E-state index contributed by atoms with van der Waals surface area (Å²) >= 11 is 3.08. The molecule has 0 atom stereocenters. The van der Waals surface area contributed by atoms with Crippen LogP contribution in [0.3, 0.4) is 0 Å². The fourth-order valence-electron chi connectivity index (χ4n) is 1.21. The van der Waals surface area contributed by atoms with Gasteiger partial charge in [0.05, 0.1) is 11.9 Å². The number of hydrogen-bond donors (Lipinski definition) is 0. The highest BCUT2D eigenvalue weighted by atomic mass is 79.9. The van der Waals surface area contributed by atoms with Gasteiger partial charge < -0.3 is 4.90 Å². The van der Waals surface area contributed by atoms with Crippen molar-refractivity contribution >= 4 is 33.3 Å². The minimum Gasteiger partial charge on any atom is -0.305 e. The van der Waals surface area contributed by atoms with Crippen LogP contribution in [-0.4, -0.2) is 23.6 Å². The molecule has 0 saturated carbocycles. The maximum Gasteiger partial charge on any atom is 0.224 e. The van der Waals surface area contributed by atoms with Gasteiger partial charge in [0.15, 0.2) is 5.78 Å². The standard InChI is InChI=1S/C11H12BrNO2/c1-9(14)13(8-11(15)7-12)10-5-3-2-4-6-10/h2-6H,7-8H2,1H3. The summed E-state index contributed by atoms with van der Waals surface area (Å²) in [6, 6.07) is 9.16. The van der Waals surface area contributed by atoms with Gasteiger partial charge in [0.25, 0.3) is 0 Å². The first-order chi connectivity index (χ1) is 7.15. The van der Waals surface area contributed by atoms with Crippen LogP contribution in [0.25, 0.3) is 0 Å². The summed E-state index contributed by atoms with van der Waals surface area (Å²) in [7, 11) is 0. The Balaban J connectivity index is 2.84. The second-order valence-electron chi connectivity index (χ2n) is 3.11. The van der Waals surface area contributed by atoms with E-state index in [0.717, 1.165) is 5.69 Å². The van der Waals surface area contributed by atoms with E-state index in [-0.39, 0.29) is 23.6 Å². The average Bonchev–Trinajstić information content (AvgIpc) is 2.26. The molecule has 0 fully saturated rings. The normalized spacial score (nSPS) is 9.73. The van der Waals surface area contributed by atoms with Crippen LogP contribution in [0, 0.1) is 0 Å². The number of carbonyl (C=O) groups is 2. The zero-order valence-electron chi connectivity index (χ0n) is 8.44. The lowest BCUT2D eigenvalue weighted by molar-refractivity contribution is -0.120. The molecule has 0 saturated heterocycles. The van der Waals surface area contributed by atoms with Crippen LogP contribution >= 0.6 is 15.9 Å². The number of hydrogen-bond acceptors (Lipinski definition) is 2. The summed E-state index contributed by atoms with van der Waals surface area (Å²) in [5.74, 6) is -0.149. The van der Waals surface area contributed by atoms with Gasteiger partial charge in [-0.1, -0.05) is 34.1 Å². The van der Waals surface area contributed by atoms with Crippen molar-refractivity contribution in [1.82, 2.24) is 0 Å². The maximum atomic E-state index is 11.4. The fraction of sp³-hybridized carbons (Fsp3) is 0.273. The number of alkyl halides is 1. The van der Waals surface area contributed by atoms with E-state index >= 15 is 0 Å². The van der Waals surface area contributed by atoms with Crippen LogP contribution in [-0.2, 0) is 9.59 Å². The minimum atomic E-state index is -0.129. The van der Waals surface area contributed by atoms with E-state index in [1.54, 1.807) is 0 Å². The summed E-state index contributed by atoms with van der Waals surface area (Å²) in [4.78, 5) is 24.1. The molecule has 0 heterocycles. The number of carbonyl (C=O) groups excluding carboxylic acids is 2. The number of halogens is 1. The molecule has 80 valence electrons. The van der Waals surface area contributed by atoms with Crippen molar-refractivity contribution in [2.75, 3.05) is 16.8 Å². The number of Topliss-reactive ketones (excluding diaryl/α,β-unsaturated/α-hetero) is 1. The van der Waals surface area contributed by atoms with Gasteiger partial charge in [-0.05, 0) is 12.1 Å². The quantitative estimate of drug-likeness (QED) is 0.785. The molecule has 0 aliphatic carbocycles. The van der Waals surface area contributed by atoms with Crippen molar-refractivity contribution < 1.29 is 9.59 Å². The Morgan fingerprint density at radius 2 is 1.87 bits per heavy atom. The zero-order chi connectivity index (χ0) is 11.3. The van der Waals surface area contributed by atoms with Crippen LogP contribution in [0.4, 0.5) is 5.69 Å². The average molecular weight is 270 g/mol. The van der Waals surface area contributed by atoms with Crippen LogP contribution in [0.1, 0.15) is 6.92 Å². The van der Waals surface area contributed by atoms with E-state index in [1.807, 2.05) is 30.3 Å². The lowest BCUT2D eigenvalue weighted by Gasteiger charge is -2.19. The summed E-state index contributed by atoms with van der Waals surface area (Å²) in [6.07, 6.45) is 0. The van der Waals surface area contributed by atoms with Gasteiger partial charge >= 0.3 is 0 Å². The lowest BCUT2D eigenvalue weighted by Crippen LogP contribution is -2.34. The molecule has 1 rings (SSSR count). The second-order valence-corrected chi connectivity index (χ2v) is 3.67. The van der Waals surface area contributed by atoms with E-state index in [1.165, 1.54) is 11.8 Å². The number of para-hydroxylation sites is 1. The van der Waals surface area contributed by atoms with E-state index < -0.39 is 0 Å². The Kier molecular flexibility index (Phi) is 4.49. The molecule has 0 aliphatic heterocycles. The number of amides is 1. The first-order valence-corrected chi connectivity index (χ1v) is 5.68. The summed E-state index contributed by atoms with van der Waals surface area (Å²) in [6.45, 7) is 1.57. The topological polar surface area (TPSA) is 37.4 Å². The van der Waals surface area contributed by atoms with E-state index in [9.17, 15) is 9.59 Å². The van der Waals surface area contributed by atoms with E-state index in [0.29, 0.717) is 0 Å². The highest BCUT2D eigenvalue weighted by Crippen LogP contribution is 2.13. The molecule has 3 nitrogen and oxygen atoms in total. The Labute approximate surface area is 97.2 Å². The van der Waals surface area contributed by atoms with Crippen LogP contribution in [0.15, 0.2) is 30.3 Å². The zero-order valence-corrected chi connectivity index (χ0v) is 10.0. The van der Waals surface area contributed by atoms with Crippen LogP contribution in [0.5, 0.6) is 0 Å². The Morgan fingerprint density at radius 3 is 2.33 bits per heavy atom. The third-order valence-corrected chi connectivity index (χ3v) is 2.56. The first-order valence-electron chi connectivity index (χ1n) is 4.56. The predicted octanol–water partition coefficient (Wildman–Crippen LogP) is 2.00. The predicted molar refractivity (Wildman–Crippen MR) is 63.3 cm³/mol. The van der Waals surface area contributed by atoms with Crippen molar-refractivity contribution in [2.24, 2.45) is 0 Å². The van der Waals surface area contributed by atoms with Gasteiger partial charge in [-0.15, -0.1) is 0 Å². The largest absolute Gasteiger partial charge is 0.305 e. The summed E-state index contributed by atoms with van der Waals surface area (Å²) < 4.78 is 0. The van der Waals surface area contributed by atoms with Crippen molar-refractivity contribution in [3.63, 3.8) is 0 Å². The molecule has 4 heteroatoms. The monoisotopic (exact) mass is 269 g/mol. The maximum absolute atomic E-state index is 11.4. The number of anilines is 1. The van der Waals surface area contributed by atoms with Gasteiger partial charge in [-0.3, -0.25) is 9.59 Å². The fourth-order valence-corrected chi connectivity index (χ4v) is 1.39. The first kappa shape index (κ1) is 11.9. The second kappa shape index (κ2) is 5.66. The molecule has 0 radical (unpaired) electrons. The Hall–Kier alpha value is -1.16. The van der Waals surface area contributed by atoms with Crippen molar-refractivity contribution in [3.05, 3.63) is 30.3 Å². The molecule has 1 aromatic carbocycles. The van der Waals surface area contributed by atoms with Gasteiger partial charge in [0, 0.05) is 12.6 Å². The molecular weight excluding hydrogens is 258 g/mol. The Morgan fingerprint density at radius 1 is 1.27 bits per heavy atom. The third kappa shape index (κ3) is 3.47. The van der Waals surface area contributed by atoms with Crippen LogP contribution in [0.2, 0.25) is 0 Å². The van der Waals surface area contributed by atoms with Gasteiger partial charge in [0.2, 0.25) is 5.91 Å². The highest BCUT2D eigenvalue weighted by Gasteiger charge is 2.14. The highest BCUT2D eigenvalue weighted by molar-refractivity contribution is 9.09. The van der Waals surface area contributed by atoms with Gasteiger partial charge in [0.1, 0.15) is 0 Å². The number of nitrogens with zero attached hydrogens (tertiary/aromatic N) is 1. The molecule has 1 aromatic rings. The summed E-state index contributed by atoms with van der Waals surface area (Å²) in [5, 5.41) is 0.267. The summed E-state index contributed by atoms with van der Waals surface area (Å²) in [5.41, 5.74) is 0.749. The van der Waals surface area contributed by atoms with Gasteiger partial charge in [-0.25, -0.2) is 0 Å². The van der Waals surface area contributed by atoms with Crippen molar-refractivity contribution in [1.29, 1.82) is 0 Å². The third-order valence-electron chi connectivity index (χ3n) is 1.93. The minimum absolute atomic E-state index is 0.0194. The Bertz CT molecular complexity index is 351. The smallest absolute Gasteiger partial charge is 0.224 e. The number of ketones is 1.